The Morgan fingerprint density at radius 3 is 2.59 bits per heavy atom. The van der Waals surface area contributed by atoms with Crippen molar-refractivity contribution in [1.29, 1.82) is 0 Å². The Kier molecular flexibility index (Phi) is 4.66. The molecule has 0 bridgehead atoms. The fraction of sp³-hybridized carbons (Fsp3) is 0.562. The number of hydrogen-bond donors (Lipinski definition) is 1. The third-order valence-electron chi connectivity index (χ3n) is 4.67. The Morgan fingerprint density at radius 1 is 1.23 bits per heavy atom. The molecule has 2 atom stereocenters. The molecular weight excluding hydrogens is 307 g/mol. The minimum Gasteiger partial charge on any atom is -0.391 e. The second kappa shape index (κ2) is 6.52. The smallest absolute Gasteiger partial charge is 0.256 e. The molecule has 1 aromatic rings. The molecule has 1 N–H and O–H groups in total. The number of aliphatic hydroxyl groups excluding tert-OH is 1. The van der Waals surface area contributed by atoms with E-state index in [1.54, 1.807) is 4.90 Å². The maximum Gasteiger partial charge on any atom is 0.256 e. The first-order valence-corrected chi connectivity index (χ1v) is 8.10. The van der Waals surface area contributed by atoms with E-state index in [1.165, 1.54) is 18.2 Å². The Labute approximate surface area is 134 Å². The predicted molar refractivity (Wildman–Crippen MR) is 82.5 cm³/mol. The fourth-order valence-electron chi connectivity index (χ4n) is 3.44. The molecule has 1 saturated heterocycles. The summed E-state index contributed by atoms with van der Waals surface area (Å²) in [5.74, 6) is -0.852. The quantitative estimate of drug-likeness (QED) is 0.905. The van der Waals surface area contributed by atoms with Crippen LogP contribution in [0, 0.1) is 5.82 Å². The zero-order valence-corrected chi connectivity index (χ0v) is 13.1. The molecule has 1 amide bonds. The topological polar surface area (TPSA) is 43.8 Å². The average molecular weight is 327 g/mol. The lowest BCUT2D eigenvalue weighted by atomic mass is 10.1. The normalized spacial score (nSPS) is 26.4. The second-order valence-corrected chi connectivity index (χ2v) is 6.45. The first-order valence-electron chi connectivity index (χ1n) is 7.72. The molecule has 22 heavy (non-hydrogen) atoms. The summed E-state index contributed by atoms with van der Waals surface area (Å²) in [6, 6.07) is 4.25. The first-order chi connectivity index (χ1) is 10.6. The van der Waals surface area contributed by atoms with Gasteiger partial charge >= 0.3 is 0 Å². The van der Waals surface area contributed by atoms with E-state index in [0.29, 0.717) is 18.1 Å². The van der Waals surface area contributed by atoms with Crippen molar-refractivity contribution < 1.29 is 14.3 Å². The average Bonchev–Trinajstić information content (AvgIpc) is 2.95. The van der Waals surface area contributed by atoms with Crippen LogP contribution in [0.4, 0.5) is 4.39 Å². The van der Waals surface area contributed by atoms with Crippen molar-refractivity contribution in [3.8, 4) is 0 Å². The molecule has 3 rings (SSSR count). The summed E-state index contributed by atoms with van der Waals surface area (Å²) >= 11 is 5.85. The van der Waals surface area contributed by atoms with Crippen LogP contribution in [0.5, 0.6) is 0 Å². The molecule has 0 aromatic heterocycles. The molecule has 2 aliphatic rings. The zero-order valence-electron chi connectivity index (χ0n) is 12.3. The number of halogens is 2. The van der Waals surface area contributed by atoms with Gasteiger partial charge in [0.15, 0.2) is 0 Å². The molecule has 4 nitrogen and oxygen atoms in total. The molecule has 1 heterocycles. The molecular formula is C16H20ClFN2O2. The van der Waals surface area contributed by atoms with Crippen molar-refractivity contribution in [2.75, 3.05) is 26.2 Å². The SMILES string of the molecule is O=C(c1cc(Cl)ccc1F)N1CCN([C@@H]2CCC[C@H]2O)CC1. The number of benzene rings is 1. The number of aliphatic hydroxyl groups is 1. The Bertz CT molecular complexity index is 561. The van der Waals surface area contributed by atoms with Gasteiger partial charge in [0.2, 0.25) is 0 Å². The van der Waals surface area contributed by atoms with Gasteiger partial charge in [-0.25, -0.2) is 4.39 Å². The van der Waals surface area contributed by atoms with Crippen molar-refractivity contribution in [2.45, 2.75) is 31.4 Å². The van der Waals surface area contributed by atoms with Crippen molar-refractivity contribution >= 4 is 17.5 Å². The summed E-state index contributed by atoms with van der Waals surface area (Å²) in [7, 11) is 0. The van der Waals surface area contributed by atoms with Crippen LogP contribution in [0.25, 0.3) is 0 Å². The van der Waals surface area contributed by atoms with Gasteiger partial charge in [0, 0.05) is 37.2 Å². The maximum atomic E-state index is 13.8. The Morgan fingerprint density at radius 2 is 1.95 bits per heavy atom. The van der Waals surface area contributed by atoms with Crippen LogP contribution in [0.1, 0.15) is 29.6 Å². The van der Waals surface area contributed by atoms with Crippen LogP contribution >= 0.6 is 11.6 Å². The number of carbonyl (C=O) groups excluding carboxylic acids is 1. The summed E-state index contributed by atoms with van der Waals surface area (Å²) in [5.41, 5.74) is 0.0295. The van der Waals surface area contributed by atoms with Crippen LogP contribution < -0.4 is 0 Å². The summed E-state index contributed by atoms with van der Waals surface area (Å²) in [6.07, 6.45) is 2.67. The minimum absolute atomic E-state index is 0.0295. The van der Waals surface area contributed by atoms with E-state index in [9.17, 15) is 14.3 Å². The molecule has 1 aliphatic heterocycles. The molecule has 2 fully saturated rings. The monoisotopic (exact) mass is 326 g/mol. The summed E-state index contributed by atoms with van der Waals surface area (Å²) in [4.78, 5) is 16.3. The van der Waals surface area contributed by atoms with E-state index >= 15 is 0 Å². The highest BCUT2D eigenvalue weighted by atomic mass is 35.5. The molecule has 120 valence electrons. The van der Waals surface area contributed by atoms with Gasteiger partial charge in [-0.3, -0.25) is 9.69 Å². The third kappa shape index (κ3) is 3.12. The molecule has 1 saturated carbocycles. The van der Waals surface area contributed by atoms with E-state index in [-0.39, 0.29) is 23.6 Å². The number of amides is 1. The molecule has 1 aliphatic carbocycles. The Hall–Kier alpha value is -1.17. The summed E-state index contributed by atoms with van der Waals surface area (Å²) in [5, 5.41) is 10.3. The van der Waals surface area contributed by atoms with Crippen molar-refractivity contribution in [3.63, 3.8) is 0 Å². The number of rotatable bonds is 2. The molecule has 0 radical (unpaired) electrons. The third-order valence-corrected chi connectivity index (χ3v) is 4.91. The van der Waals surface area contributed by atoms with Gasteiger partial charge in [-0.05, 0) is 37.5 Å². The highest BCUT2D eigenvalue weighted by Gasteiger charge is 2.33. The lowest BCUT2D eigenvalue weighted by Crippen LogP contribution is -2.53. The largest absolute Gasteiger partial charge is 0.391 e. The van der Waals surface area contributed by atoms with Crippen LogP contribution in [-0.2, 0) is 0 Å². The van der Waals surface area contributed by atoms with Gasteiger partial charge in [0.25, 0.3) is 5.91 Å². The van der Waals surface area contributed by atoms with Gasteiger partial charge in [0.05, 0.1) is 11.7 Å². The van der Waals surface area contributed by atoms with Crippen LogP contribution in [0.15, 0.2) is 18.2 Å². The van der Waals surface area contributed by atoms with Crippen molar-refractivity contribution in [1.82, 2.24) is 9.80 Å². The van der Waals surface area contributed by atoms with E-state index in [0.717, 1.165) is 32.4 Å². The molecule has 6 heteroatoms. The molecule has 0 unspecified atom stereocenters. The van der Waals surface area contributed by atoms with E-state index in [2.05, 4.69) is 4.90 Å². The number of nitrogens with zero attached hydrogens (tertiary/aromatic N) is 2. The van der Waals surface area contributed by atoms with Gasteiger partial charge in [-0.1, -0.05) is 11.6 Å². The lowest BCUT2D eigenvalue weighted by molar-refractivity contribution is 0.0313. The van der Waals surface area contributed by atoms with Gasteiger partial charge < -0.3 is 10.0 Å². The van der Waals surface area contributed by atoms with E-state index < -0.39 is 5.82 Å². The van der Waals surface area contributed by atoms with E-state index in [1.807, 2.05) is 0 Å². The van der Waals surface area contributed by atoms with Gasteiger partial charge in [0.1, 0.15) is 5.82 Å². The highest BCUT2D eigenvalue weighted by Crippen LogP contribution is 2.25. The Balaban J connectivity index is 1.63. The molecule has 1 aromatic carbocycles. The summed E-state index contributed by atoms with van der Waals surface area (Å²) < 4.78 is 13.8. The summed E-state index contributed by atoms with van der Waals surface area (Å²) in [6.45, 7) is 2.54. The van der Waals surface area contributed by atoms with E-state index in [4.69, 9.17) is 11.6 Å². The number of carbonyl (C=O) groups is 1. The van der Waals surface area contributed by atoms with Crippen molar-refractivity contribution in [2.24, 2.45) is 0 Å². The fourth-order valence-corrected chi connectivity index (χ4v) is 3.61. The minimum atomic E-state index is -0.539. The maximum absolute atomic E-state index is 13.8. The number of hydrogen-bond acceptors (Lipinski definition) is 3. The zero-order chi connectivity index (χ0) is 15.7. The standard InChI is InChI=1S/C16H20ClFN2O2/c17-11-4-5-13(18)12(10-11)16(22)20-8-6-19(7-9-20)14-2-1-3-15(14)21/h4-5,10,14-15,21H,1-3,6-9H2/t14-,15-/m1/s1. The van der Waals surface area contributed by atoms with Crippen LogP contribution in [0.2, 0.25) is 5.02 Å². The van der Waals surface area contributed by atoms with Gasteiger partial charge in [-0.15, -0.1) is 0 Å². The highest BCUT2D eigenvalue weighted by molar-refractivity contribution is 6.31. The number of piperazine rings is 1. The predicted octanol–water partition coefficient (Wildman–Crippen LogP) is 2.15. The van der Waals surface area contributed by atoms with Gasteiger partial charge in [-0.2, -0.15) is 0 Å². The second-order valence-electron chi connectivity index (χ2n) is 6.02. The van der Waals surface area contributed by atoms with Crippen LogP contribution in [0.3, 0.4) is 0 Å². The first kappa shape index (κ1) is 15.7. The van der Waals surface area contributed by atoms with Crippen molar-refractivity contribution in [3.05, 3.63) is 34.6 Å². The lowest BCUT2D eigenvalue weighted by Gasteiger charge is -2.39. The van der Waals surface area contributed by atoms with Crippen LogP contribution in [-0.4, -0.2) is 59.1 Å². The molecule has 0 spiro atoms.